The van der Waals surface area contributed by atoms with Crippen molar-refractivity contribution < 1.29 is 4.79 Å². The summed E-state index contributed by atoms with van der Waals surface area (Å²) in [4.78, 5) is 28.9. The lowest BCUT2D eigenvalue weighted by molar-refractivity contribution is 0.0886. The first-order valence-electron chi connectivity index (χ1n) is 12.5. The van der Waals surface area contributed by atoms with Gasteiger partial charge in [-0.3, -0.25) is 24.6 Å². The molecule has 1 aliphatic heterocycles. The van der Waals surface area contributed by atoms with Crippen LogP contribution in [0.2, 0.25) is 0 Å². The zero-order valence-electron chi connectivity index (χ0n) is 21.0. The number of hydrogen-bond donors (Lipinski definition) is 2. The van der Waals surface area contributed by atoms with E-state index in [2.05, 4.69) is 64.6 Å². The zero-order chi connectivity index (χ0) is 25.1. The van der Waals surface area contributed by atoms with E-state index in [1.165, 1.54) is 0 Å². The lowest BCUT2D eigenvalue weighted by atomic mass is 9.94. The first-order valence-corrected chi connectivity index (χ1v) is 12.5. The lowest BCUT2D eigenvalue weighted by Gasteiger charge is -2.37. The van der Waals surface area contributed by atoms with Gasteiger partial charge in [-0.1, -0.05) is 18.2 Å². The van der Waals surface area contributed by atoms with Crippen LogP contribution in [0.5, 0.6) is 0 Å². The molecule has 7 nitrogen and oxygen atoms in total. The Labute approximate surface area is 212 Å². The first-order chi connectivity index (χ1) is 17.5. The van der Waals surface area contributed by atoms with Crippen LogP contribution in [-0.4, -0.2) is 51.4 Å². The molecule has 0 radical (unpaired) electrons. The number of piperidine rings is 1. The molecular formula is C29H32N6O. The van der Waals surface area contributed by atoms with Crippen molar-refractivity contribution in [2.24, 2.45) is 0 Å². The van der Waals surface area contributed by atoms with E-state index in [9.17, 15) is 4.79 Å². The number of anilines is 1. The molecular weight excluding hydrogens is 448 g/mol. The van der Waals surface area contributed by atoms with E-state index >= 15 is 0 Å². The molecule has 1 amide bonds. The topological polar surface area (TPSA) is 83.0 Å². The smallest absolute Gasteiger partial charge is 0.251 e. The van der Waals surface area contributed by atoms with Gasteiger partial charge in [0.25, 0.3) is 5.91 Å². The van der Waals surface area contributed by atoms with Gasteiger partial charge in [0.2, 0.25) is 0 Å². The van der Waals surface area contributed by atoms with Crippen LogP contribution in [0.3, 0.4) is 0 Å². The Morgan fingerprint density at radius 1 is 1.00 bits per heavy atom. The molecule has 3 aromatic heterocycles. The number of nitrogens with zero attached hydrogens (tertiary/aromatic N) is 4. The average molecular weight is 481 g/mol. The van der Waals surface area contributed by atoms with Crippen molar-refractivity contribution >= 4 is 22.4 Å². The van der Waals surface area contributed by atoms with Gasteiger partial charge in [0.05, 0.1) is 23.1 Å². The highest BCUT2D eigenvalue weighted by Gasteiger charge is 2.29. The van der Waals surface area contributed by atoms with Crippen molar-refractivity contribution in [2.45, 2.75) is 44.8 Å². The number of amides is 1. The molecule has 0 bridgehead atoms. The molecule has 1 aromatic carbocycles. The minimum atomic E-state index is -0.0195. The number of rotatable bonds is 6. The van der Waals surface area contributed by atoms with Crippen LogP contribution >= 0.6 is 0 Å². The second-order valence-electron chi connectivity index (χ2n) is 9.84. The van der Waals surface area contributed by atoms with Crippen molar-refractivity contribution in [2.75, 3.05) is 18.9 Å². The number of hydrogen-bond acceptors (Lipinski definition) is 6. The van der Waals surface area contributed by atoms with Crippen LogP contribution in [0.15, 0.2) is 73.3 Å². The van der Waals surface area contributed by atoms with Gasteiger partial charge in [-0.15, -0.1) is 0 Å². The summed E-state index contributed by atoms with van der Waals surface area (Å²) in [5, 5.41) is 8.72. The number of benzene rings is 1. The van der Waals surface area contributed by atoms with Crippen molar-refractivity contribution in [1.82, 2.24) is 25.2 Å². The van der Waals surface area contributed by atoms with E-state index in [0.717, 1.165) is 52.8 Å². The fraction of sp³-hybridized carbons (Fsp3) is 0.310. The van der Waals surface area contributed by atoms with Crippen LogP contribution < -0.4 is 10.6 Å². The van der Waals surface area contributed by atoms with Crippen LogP contribution in [0.4, 0.5) is 5.69 Å². The number of carbonyl (C=O) groups is 1. The maximum atomic E-state index is 12.7. The maximum Gasteiger partial charge on any atom is 0.251 e. The van der Waals surface area contributed by atoms with Crippen LogP contribution in [0, 0.1) is 0 Å². The third-order valence-corrected chi connectivity index (χ3v) is 6.70. The number of fused-ring (bicyclic) bond motifs is 1. The Kier molecular flexibility index (Phi) is 6.91. The summed E-state index contributed by atoms with van der Waals surface area (Å²) < 4.78 is 0. The van der Waals surface area contributed by atoms with Gasteiger partial charge in [0, 0.05) is 59.9 Å². The molecule has 5 rings (SSSR count). The molecule has 1 saturated heterocycles. The van der Waals surface area contributed by atoms with Crippen molar-refractivity contribution in [3.8, 4) is 11.3 Å². The lowest BCUT2D eigenvalue weighted by Crippen LogP contribution is -2.45. The summed E-state index contributed by atoms with van der Waals surface area (Å²) in [5.41, 5.74) is 4.53. The van der Waals surface area contributed by atoms with Crippen LogP contribution in [0.25, 0.3) is 22.0 Å². The molecule has 4 heterocycles. The second-order valence-corrected chi connectivity index (χ2v) is 9.84. The van der Waals surface area contributed by atoms with Gasteiger partial charge in [-0.25, -0.2) is 0 Å². The molecule has 2 unspecified atom stereocenters. The number of likely N-dealkylation sites (tertiary alicyclic amines) is 1. The second kappa shape index (κ2) is 10.4. The Hall–Kier alpha value is -3.84. The molecule has 36 heavy (non-hydrogen) atoms. The Bertz CT molecular complexity index is 1360. The summed E-state index contributed by atoms with van der Waals surface area (Å²) in [6.45, 7) is 5.11. The summed E-state index contributed by atoms with van der Waals surface area (Å²) in [6.07, 6.45) is 9.18. The normalized spacial score (nSPS) is 18.3. The molecule has 0 spiro atoms. The molecule has 0 saturated carbocycles. The summed E-state index contributed by atoms with van der Waals surface area (Å²) in [6, 6.07) is 16.3. The molecule has 2 N–H and O–H groups in total. The summed E-state index contributed by atoms with van der Waals surface area (Å²) in [5.74, 6) is -0.0195. The third kappa shape index (κ3) is 5.36. The van der Waals surface area contributed by atoms with E-state index < -0.39 is 0 Å². The van der Waals surface area contributed by atoms with E-state index in [1.807, 2.05) is 55.1 Å². The summed E-state index contributed by atoms with van der Waals surface area (Å²) in [7, 11) is 2.13. The van der Waals surface area contributed by atoms with Gasteiger partial charge >= 0.3 is 0 Å². The predicted molar refractivity (Wildman–Crippen MR) is 144 cm³/mol. The fourth-order valence-electron chi connectivity index (χ4n) is 4.81. The maximum absolute atomic E-state index is 12.7. The predicted octanol–water partition coefficient (Wildman–Crippen LogP) is 5.08. The monoisotopic (exact) mass is 480 g/mol. The van der Waals surface area contributed by atoms with Gasteiger partial charge in [-0.2, -0.15) is 0 Å². The quantitative estimate of drug-likeness (QED) is 0.401. The van der Waals surface area contributed by atoms with Crippen molar-refractivity contribution in [1.29, 1.82) is 0 Å². The largest absolute Gasteiger partial charge is 0.382 e. The van der Waals surface area contributed by atoms with E-state index in [-0.39, 0.29) is 18.0 Å². The number of nitrogens with one attached hydrogen (secondary N) is 2. The van der Waals surface area contributed by atoms with E-state index in [4.69, 9.17) is 4.98 Å². The Morgan fingerprint density at radius 2 is 1.81 bits per heavy atom. The summed E-state index contributed by atoms with van der Waals surface area (Å²) >= 11 is 0. The van der Waals surface area contributed by atoms with Gasteiger partial charge in [-0.05, 0) is 69.5 Å². The first kappa shape index (κ1) is 23.9. The Balaban J connectivity index is 1.37. The molecule has 0 aliphatic carbocycles. The molecule has 7 heteroatoms. The van der Waals surface area contributed by atoms with Gasteiger partial charge < -0.3 is 10.6 Å². The zero-order valence-corrected chi connectivity index (χ0v) is 21.0. The molecule has 184 valence electrons. The molecule has 4 aromatic rings. The number of pyridine rings is 3. The third-order valence-electron chi connectivity index (χ3n) is 6.70. The van der Waals surface area contributed by atoms with Crippen LogP contribution in [0.1, 0.15) is 48.8 Å². The minimum absolute atomic E-state index is 0.0195. The molecule has 1 fully saturated rings. The highest BCUT2D eigenvalue weighted by Crippen LogP contribution is 2.31. The standard InChI is InChI=1S/C29H32N6O/c1-19(2)33-25-11-22(15-30-18-25)26-12-21-13-27(32-17-23(21)16-31-26)28-14-24(9-10-35(28)3)34-29(36)20-7-5-4-6-8-20/h4-8,11-13,15-19,24,28,33H,9-10,14H2,1-3H3,(H,34,36). The number of carbonyl (C=O) groups excluding carboxylic acids is 1. The fourth-order valence-corrected chi connectivity index (χ4v) is 4.81. The molecule has 1 aliphatic rings. The highest BCUT2D eigenvalue weighted by atomic mass is 16.1. The van der Waals surface area contributed by atoms with Gasteiger partial charge in [0.1, 0.15) is 0 Å². The SMILES string of the molecule is CC(C)Nc1cncc(-c2cc3cc(C4CC(NC(=O)c5ccccc5)CCN4C)ncc3cn2)c1. The van der Waals surface area contributed by atoms with Crippen LogP contribution in [-0.2, 0) is 0 Å². The minimum Gasteiger partial charge on any atom is -0.382 e. The van der Waals surface area contributed by atoms with Crippen molar-refractivity contribution in [3.05, 3.63) is 84.6 Å². The molecule has 2 atom stereocenters. The van der Waals surface area contributed by atoms with Gasteiger partial charge in [0.15, 0.2) is 0 Å². The Morgan fingerprint density at radius 3 is 2.61 bits per heavy atom. The van der Waals surface area contributed by atoms with E-state index in [1.54, 1.807) is 0 Å². The van der Waals surface area contributed by atoms with E-state index in [0.29, 0.717) is 11.6 Å². The van der Waals surface area contributed by atoms with Crippen molar-refractivity contribution in [3.63, 3.8) is 0 Å². The average Bonchev–Trinajstić information content (AvgIpc) is 2.89. The number of aromatic nitrogens is 3. The highest BCUT2D eigenvalue weighted by molar-refractivity contribution is 5.94.